The van der Waals surface area contributed by atoms with E-state index in [1.165, 1.54) is 4.90 Å². The Hall–Kier alpha value is -2.35. The monoisotopic (exact) mass is 544 g/mol. The van der Waals surface area contributed by atoms with Crippen LogP contribution in [0.1, 0.15) is 43.8 Å². The summed E-state index contributed by atoms with van der Waals surface area (Å²) < 4.78 is 20.9. The van der Waals surface area contributed by atoms with Gasteiger partial charge in [-0.1, -0.05) is 11.6 Å². The Morgan fingerprint density at radius 3 is 2.78 bits per heavy atom. The molecule has 198 valence electrons. The number of hydrogen-bond donors (Lipinski definition) is 1. The van der Waals surface area contributed by atoms with Crippen LogP contribution in [0.15, 0.2) is 59.6 Å². The van der Waals surface area contributed by atoms with E-state index in [4.69, 9.17) is 16.3 Å². The van der Waals surface area contributed by atoms with E-state index in [1.54, 1.807) is 31.1 Å². The van der Waals surface area contributed by atoms with Crippen molar-refractivity contribution in [2.75, 3.05) is 32.5 Å². The number of hydrogen-bond acceptors (Lipinski definition) is 5. The number of piperidine rings is 1. The first-order valence-corrected chi connectivity index (χ1v) is 14.2. The molecule has 2 aromatic carbocycles. The van der Waals surface area contributed by atoms with Gasteiger partial charge in [0.1, 0.15) is 11.9 Å². The van der Waals surface area contributed by atoms with Crippen molar-refractivity contribution in [2.45, 2.75) is 43.2 Å². The smallest absolute Gasteiger partial charge is 0.303 e. The minimum absolute atomic E-state index is 0.155. The largest absolute Gasteiger partial charge is 0.497 e. The second-order valence-electron chi connectivity index (χ2n) is 9.67. The van der Waals surface area contributed by atoms with Gasteiger partial charge in [0.2, 0.25) is 0 Å². The lowest BCUT2D eigenvalue weighted by Gasteiger charge is -2.39. The van der Waals surface area contributed by atoms with Crippen LogP contribution in [0.2, 0.25) is 5.02 Å². The van der Waals surface area contributed by atoms with Crippen molar-refractivity contribution < 1.29 is 19.0 Å². The van der Waals surface area contributed by atoms with Gasteiger partial charge in [0.25, 0.3) is 0 Å². The quantitative estimate of drug-likeness (QED) is 0.242. The lowest BCUT2D eigenvalue weighted by atomic mass is 9.79. The van der Waals surface area contributed by atoms with Crippen molar-refractivity contribution in [1.82, 2.24) is 9.88 Å². The SMILES string of the molecule is COc1ccc2nccc([C@H](F)CC[C@@H]3CCN(CCSc4ccc(Cl)cc4)C[C@H]3CCC(=O)O)c2c1. The predicted molar refractivity (Wildman–Crippen MR) is 148 cm³/mol. The zero-order valence-electron chi connectivity index (χ0n) is 21.1. The third-order valence-electron chi connectivity index (χ3n) is 7.31. The highest BCUT2D eigenvalue weighted by Crippen LogP contribution is 2.36. The van der Waals surface area contributed by atoms with Gasteiger partial charge in [0.05, 0.1) is 12.6 Å². The number of rotatable bonds is 12. The maximum atomic E-state index is 15.5. The van der Waals surface area contributed by atoms with Crippen LogP contribution in [0, 0.1) is 11.8 Å². The first kappa shape index (κ1) is 27.7. The number of fused-ring (bicyclic) bond motifs is 1. The number of carbonyl (C=O) groups is 1. The lowest BCUT2D eigenvalue weighted by molar-refractivity contribution is -0.137. The van der Waals surface area contributed by atoms with E-state index in [-0.39, 0.29) is 12.3 Å². The second kappa shape index (κ2) is 13.4. The summed E-state index contributed by atoms with van der Waals surface area (Å²) in [6.45, 7) is 2.77. The summed E-state index contributed by atoms with van der Waals surface area (Å²) in [6.07, 6.45) is 3.46. The molecule has 1 N–H and O–H groups in total. The topological polar surface area (TPSA) is 62.7 Å². The number of ether oxygens (including phenoxy) is 1. The van der Waals surface area contributed by atoms with Crippen LogP contribution in [0.25, 0.3) is 10.9 Å². The van der Waals surface area contributed by atoms with Crippen LogP contribution in [0.4, 0.5) is 4.39 Å². The Bertz CT molecular complexity index is 1180. The number of aromatic nitrogens is 1. The number of alkyl halides is 1. The van der Waals surface area contributed by atoms with Crippen LogP contribution in [-0.4, -0.2) is 53.5 Å². The molecule has 0 aliphatic carbocycles. The summed E-state index contributed by atoms with van der Waals surface area (Å²) >= 11 is 7.78. The molecular weight excluding hydrogens is 511 g/mol. The number of nitrogens with zero attached hydrogens (tertiary/aromatic N) is 2. The van der Waals surface area contributed by atoms with Crippen LogP contribution in [-0.2, 0) is 4.79 Å². The van der Waals surface area contributed by atoms with Crippen molar-refractivity contribution in [2.24, 2.45) is 11.8 Å². The first-order valence-electron chi connectivity index (χ1n) is 12.8. The molecule has 1 aliphatic heterocycles. The Balaban J connectivity index is 1.34. The molecule has 37 heavy (non-hydrogen) atoms. The van der Waals surface area contributed by atoms with E-state index in [1.807, 2.05) is 42.5 Å². The van der Waals surface area contributed by atoms with E-state index in [9.17, 15) is 9.90 Å². The van der Waals surface area contributed by atoms with Crippen molar-refractivity contribution in [3.63, 3.8) is 0 Å². The normalized spacial score (nSPS) is 19.1. The number of likely N-dealkylation sites (tertiary alicyclic amines) is 1. The molecule has 5 nitrogen and oxygen atoms in total. The zero-order chi connectivity index (χ0) is 26.2. The lowest BCUT2D eigenvalue weighted by Crippen LogP contribution is -2.41. The number of carboxylic acids is 1. The number of methoxy groups -OCH3 is 1. The third kappa shape index (κ3) is 7.82. The van der Waals surface area contributed by atoms with E-state index in [2.05, 4.69) is 9.88 Å². The predicted octanol–water partition coefficient (Wildman–Crippen LogP) is 7.28. The average Bonchev–Trinajstić information content (AvgIpc) is 2.91. The van der Waals surface area contributed by atoms with Gasteiger partial charge in [0, 0.05) is 46.8 Å². The van der Waals surface area contributed by atoms with Crippen LogP contribution in [0.3, 0.4) is 0 Å². The fourth-order valence-electron chi connectivity index (χ4n) is 5.26. The molecule has 3 atom stereocenters. The van der Waals surface area contributed by atoms with Crippen LogP contribution < -0.4 is 4.74 Å². The highest BCUT2D eigenvalue weighted by atomic mass is 35.5. The third-order valence-corrected chi connectivity index (χ3v) is 8.55. The molecule has 1 aliphatic rings. The average molecular weight is 545 g/mol. The molecule has 1 fully saturated rings. The number of halogens is 2. The number of carboxylic acid groups (broad SMARTS) is 1. The van der Waals surface area contributed by atoms with Crippen LogP contribution in [0.5, 0.6) is 5.75 Å². The molecule has 1 aromatic heterocycles. The zero-order valence-corrected chi connectivity index (χ0v) is 22.7. The molecule has 4 rings (SSSR count). The number of pyridine rings is 1. The Morgan fingerprint density at radius 1 is 1.22 bits per heavy atom. The maximum Gasteiger partial charge on any atom is 0.303 e. The summed E-state index contributed by atoms with van der Waals surface area (Å²) in [5, 5.41) is 10.8. The van der Waals surface area contributed by atoms with Gasteiger partial charge in [0.15, 0.2) is 0 Å². The molecule has 0 bridgehead atoms. The van der Waals surface area contributed by atoms with E-state index in [0.717, 1.165) is 54.2 Å². The summed E-state index contributed by atoms with van der Waals surface area (Å²) in [5.41, 5.74) is 1.40. The molecule has 8 heteroatoms. The molecule has 3 aromatic rings. The Morgan fingerprint density at radius 2 is 2.03 bits per heavy atom. The summed E-state index contributed by atoms with van der Waals surface area (Å²) in [6, 6.07) is 15.2. The molecule has 0 amide bonds. The minimum Gasteiger partial charge on any atom is -0.497 e. The molecule has 1 saturated heterocycles. The molecular formula is C29H34ClFN2O3S. The summed E-state index contributed by atoms with van der Waals surface area (Å²) in [4.78, 5) is 19.3. The van der Waals surface area contributed by atoms with E-state index in [0.29, 0.717) is 30.1 Å². The molecule has 2 heterocycles. The van der Waals surface area contributed by atoms with Crippen molar-refractivity contribution >= 4 is 40.2 Å². The van der Waals surface area contributed by atoms with Crippen LogP contribution >= 0.6 is 23.4 Å². The van der Waals surface area contributed by atoms with Gasteiger partial charge in [-0.3, -0.25) is 9.78 Å². The molecule has 0 saturated carbocycles. The van der Waals surface area contributed by atoms with Crippen molar-refractivity contribution in [3.05, 3.63) is 65.3 Å². The highest BCUT2D eigenvalue weighted by Gasteiger charge is 2.30. The molecule has 0 unspecified atom stereocenters. The highest BCUT2D eigenvalue weighted by molar-refractivity contribution is 7.99. The van der Waals surface area contributed by atoms with Gasteiger partial charge in [-0.2, -0.15) is 0 Å². The first-order chi connectivity index (χ1) is 17.9. The van der Waals surface area contributed by atoms with Gasteiger partial charge < -0.3 is 14.7 Å². The standard InChI is InChI=1S/C29H34ClFN2O3S/c1-36-23-6-10-28-26(18-23)25(12-14-32-28)27(31)9-2-20-13-15-33(19-21(20)3-11-29(34)35)16-17-37-24-7-4-22(30)5-8-24/h4-8,10,12,14,18,20-21,27H,2-3,9,11,13,15-17,19H2,1H3,(H,34,35)/t20-,21-,27-/m1/s1. The fraction of sp³-hybridized carbons (Fsp3) is 0.448. The summed E-state index contributed by atoms with van der Waals surface area (Å²) in [5.74, 6) is 1.45. The number of aliphatic carboxylic acids is 1. The van der Waals surface area contributed by atoms with E-state index >= 15 is 4.39 Å². The van der Waals surface area contributed by atoms with Gasteiger partial charge in [-0.25, -0.2) is 4.39 Å². The fourth-order valence-corrected chi connectivity index (χ4v) is 6.30. The Kier molecular flexibility index (Phi) is 10.1. The minimum atomic E-state index is -1.11. The number of thioether (sulfide) groups is 1. The van der Waals surface area contributed by atoms with Gasteiger partial charge in [-0.15, -0.1) is 11.8 Å². The molecule has 0 radical (unpaired) electrons. The number of benzene rings is 2. The maximum absolute atomic E-state index is 15.5. The van der Waals surface area contributed by atoms with Crippen molar-refractivity contribution in [3.8, 4) is 5.75 Å². The summed E-state index contributed by atoms with van der Waals surface area (Å²) in [7, 11) is 1.60. The van der Waals surface area contributed by atoms with Crippen molar-refractivity contribution in [1.29, 1.82) is 0 Å². The van der Waals surface area contributed by atoms with Gasteiger partial charge >= 0.3 is 5.97 Å². The second-order valence-corrected chi connectivity index (χ2v) is 11.3. The van der Waals surface area contributed by atoms with E-state index < -0.39 is 12.1 Å². The Labute approximate surface area is 227 Å². The van der Waals surface area contributed by atoms with Gasteiger partial charge in [-0.05, 0) is 98.2 Å². The molecule has 0 spiro atoms.